The number of hydrogen-bond donors (Lipinski definition) is 0. The van der Waals surface area contributed by atoms with Crippen LogP contribution in [0.2, 0.25) is 0 Å². The molecule has 0 atom stereocenters. The molecule has 0 aliphatic heterocycles. The SMILES string of the molecule is COC(=O)c1ccccc1S(=O)(=O)N(C)C(C)C. The number of methoxy groups -OCH3 is 1. The Morgan fingerprint density at radius 3 is 2.33 bits per heavy atom. The van der Waals surface area contributed by atoms with Crippen LogP contribution in [0.15, 0.2) is 29.2 Å². The minimum atomic E-state index is -3.69. The van der Waals surface area contributed by atoms with Gasteiger partial charge in [-0.05, 0) is 26.0 Å². The van der Waals surface area contributed by atoms with Crippen molar-refractivity contribution in [1.29, 1.82) is 0 Å². The third-order valence-electron chi connectivity index (χ3n) is 2.68. The van der Waals surface area contributed by atoms with Gasteiger partial charge in [0.1, 0.15) is 0 Å². The summed E-state index contributed by atoms with van der Waals surface area (Å²) < 4.78 is 30.5. The van der Waals surface area contributed by atoms with Crippen LogP contribution in [-0.2, 0) is 14.8 Å². The predicted molar refractivity (Wildman–Crippen MR) is 67.9 cm³/mol. The molecule has 0 radical (unpaired) electrons. The van der Waals surface area contributed by atoms with Crippen molar-refractivity contribution in [3.63, 3.8) is 0 Å². The molecule has 5 nitrogen and oxygen atoms in total. The number of carbonyl (C=O) groups excluding carboxylic acids is 1. The summed E-state index contributed by atoms with van der Waals surface area (Å²) in [5.74, 6) is -0.661. The second kappa shape index (κ2) is 5.49. The number of hydrogen-bond acceptors (Lipinski definition) is 4. The van der Waals surface area contributed by atoms with Crippen molar-refractivity contribution in [2.24, 2.45) is 0 Å². The third kappa shape index (κ3) is 2.70. The molecule has 0 saturated carbocycles. The normalized spacial score (nSPS) is 11.9. The summed E-state index contributed by atoms with van der Waals surface area (Å²) in [4.78, 5) is 11.5. The van der Waals surface area contributed by atoms with Crippen molar-refractivity contribution in [3.05, 3.63) is 29.8 Å². The number of benzene rings is 1. The average molecular weight is 271 g/mol. The minimum absolute atomic E-state index is 0.0342. The Labute approximate surface area is 107 Å². The number of sulfonamides is 1. The van der Waals surface area contributed by atoms with E-state index in [9.17, 15) is 13.2 Å². The lowest BCUT2D eigenvalue weighted by Gasteiger charge is -2.22. The Balaban J connectivity index is 3.38. The van der Waals surface area contributed by atoms with Gasteiger partial charge in [-0.2, -0.15) is 4.31 Å². The molecule has 1 rings (SSSR count). The zero-order valence-electron chi connectivity index (χ0n) is 10.9. The summed E-state index contributed by atoms with van der Waals surface area (Å²) in [5.41, 5.74) is 0.0486. The van der Waals surface area contributed by atoms with Crippen LogP contribution in [0.5, 0.6) is 0 Å². The van der Waals surface area contributed by atoms with Crippen LogP contribution >= 0.6 is 0 Å². The van der Waals surface area contributed by atoms with Crippen molar-refractivity contribution in [2.75, 3.05) is 14.2 Å². The quantitative estimate of drug-likeness (QED) is 0.779. The number of nitrogens with zero attached hydrogens (tertiary/aromatic N) is 1. The molecule has 0 aromatic heterocycles. The summed E-state index contributed by atoms with van der Waals surface area (Å²) >= 11 is 0. The lowest BCUT2D eigenvalue weighted by molar-refractivity contribution is 0.0596. The highest BCUT2D eigenvalue weighted by Crippen LogP contribution is 2.21. The molecular weight excluding hydrogens is 254 g/mol. The van der Waals surface area contributed by atoms with E-state index in [0.717, 1.165) is 0 Å². The standard InChI is InChI=1S/C12H17NO4S/c1-9(2)13(3)18(15,16)11-8-6-5-7-10(11)12(14)17-4/h5-9H,1-4H3. The highest BCUT2D eigenvalue weighted by molar-refractivity contribution is 7.89. The van der Waals surface area contributed by atoms with E-state index in [0.29, 0.717) is 0 Å². The molecule has 1 aromatic carbocycles. The van der Waals surface area contributed by atoms with Crippen molar-refractivity contribution < 1.29 is 17.9 Å². The van der Waals surface area contributed by atoms with Crippen molar-refractivity contribution in [1.82, 2.24) is 4.31 Å². The fourth-order valence-electron chi connectivity index (χ4n) is 1.40. The first-order chi connectivity index (χ1) is 8.32. The van der Waals surface area contributed by atoms with Gasteiger partial charge in [-0.3, -0.25) is 0 Å². The summed E-state index contributed by atoms with van der Waals surface area (Å²) in [6.07, 6.45) is 0. The molecule has 0 unspecified atom stereocenters. The zero-order valence-corrected chi connectivity index (χ0v) is 11.7. The largest absolute Gasteiger partial charge is 0.465 e. The Morgan fingerprint density at radius 2 is 1.83 bits per heavy atom. The van der Waals surface area contributed by atoms with Gasteiger partial charge in [0.2, 0.25) is 10.0 Å². The van der Waals surface area contributed by atoms with Crippen LogP contribution in [0.4, 0.5) is 0 Å². The smallest absolute Gasteiger partial charge is 0.339 e. The van der Waals surface area contributed by atoms with E-state index in [-0.39, 0.29) is 16.5 Å². The van der Waals surface area contributed by atoms with E-state index >= 15 is 0 Å². The van der Waals surface area contributed by atoms with E-state index in [4.69, 9.17) is 0 Å². The molecule has 18 heavy (non-hydrogen) atoms. The predicted octanol–water partition coefficient (Wildman–Crippen LogP) is 1.50. The summed E-state index contributed by atoms with van der Waals surface area (Å²) in [6, 6.07) is 5.82. The van der Waals surface area contributed by atoms with Crippen LogP contribution in [0.25, 0.3) is 0 Å². The van der Waals surface area contributed by atoms with E-state index in [1.54, 1.807) is 26.0 Å². The Bertz CT molecular complexity index is 537. The van der Waals surface area contributed by atoms with Gasteiger partial charge in [0.25, 0.3) is 0 Å². The van der Waals surface area contributed by atoms with E-state index < -0.39 is 16.0 Å². The fourth-order valence-corrected chi connectivity index (χ4v) is 2.95. The molecule has 0 saturated heterocycles. The maximum atomic E-state index is 12.3. The monoisotopic (exact) mass is 271 g/mol. The highest BCUT2D eigenvalue weighted by Gasteiger charge is 2.28. The van der Waals surface area contributed by atoms with E-state index in [2.05, 4.69) is 4.74 Å². The molecule has 0 fully saturated rings. The van der Waals surface area contributed by atoms with Gasteiger partial charge in [-0.15, -0.1) is 0 Å². The third-order valence-corrected chi connectivity index (χ3v) is 4.77. The molecule has 0 bridgehead atoms. The first kappa shape index (κ1) is 14.7. The Morgan fingerprint density at radius 1 is 1.28 bits per heavy atom. The fraction of sp³-hybridized carbons (Fsp3) is 0.417. The average Bonchev–Trinajstić information content (AvgIpc) is 2.36. The van der Waals surface area contributed by atoms with Gasteiger partial charge in [0.05, 0.1) is 17.6 Å². The second-order valence-electron chi connectivity index (χ2n) is 4.10. The molecule has 0 heterocycles. The number of carbonyl (C=O) groups is 1. The summed E-state index contributed by atoms with van der Waals surface area (Å²) in [6.45, 7) is 3.52. The first-order valence-electron chi connectivity index (χ1n) is 5.47. The maximum Gasteiger partial charge on any atom is 0.339 e. The summed E-state index contributed by atoms with van der Waals surface area (Å²) in [7, 11) is -0.991. The molecule has 0 spiro atoms. The molecule has 0 N–H and O–H groups in total. The van der Waals surface area contributed by atoms with Gasteiger partial charge in [0.15, 0.2) is 0 Å². The molecular formula is C12H17NO4S. The summed E-state index contributed by atoms with van der Waals surface area (Å²) in [5, 5.41) is 0. The second-order valence-corrected chi connectivity index (χ2v) is 6.07. The number of ether oxygens (including phenoxy) is 1. The van der Waals surface area contributed by atoms with E-state index in [1.807, 2.05) is 0 Å². The van der Waals surface area contributed by atoms with Crippen molar-refractivity contribution >= 4 is 16.0 Å². The molecule has 0 aliphatic rings. The lowest BCUT2D eigenvalue weighted by atomic mass is 10.2. The van der Waals surface area contributed by atoms with Crippen molar-refractivity contribution in [2.45, 2.75) is 24.8 Å². The maximum absolute atomic E-state index is 12.3. The minimum Gasteiger partial charge on any atom is -0.465 e. The van der Waals surface area contributed by atoms with Gasteiger partial charge in [-0.25, -0.2) is 13.2 Å². The highest BCUT2D eigenvalue weighted by atomic mass is 32.2. The van der Waals surface area contributed by atoms with Gasteiger partial charge in [-0.1, -0.05) is 12.1 Å². The van der Waals surface area contributed by atoms with Crippen LogP contribution in [0, 0.1) is 0 Å². The van der Waals surface area contributed by atoms with E-state index in [1.165, 1.54) is 30.6 Å². The van der Waals surface area contributed by atoms with Crippen LogP contribution < -0.4 is 0 Å². The molecule has 100 valence electrons. The van der Waals surface area contributed by atoms with Crippen molar-refractivity contribution in [3.8, 4) is 0 Å². The molecule has 1 aromatic rings. The van der Waals surface area contributed by atoms with Gasteiger partial charge in [0, 0.05) is 13.1 Å². The van der Waals surface area contributed by atoms with Crippen LogP contribution in [0.1, 0.15) is 24.2 Å². The topological polar surface area (TPSA) is 63.7 Å². The van der Waals surface area contributed by atoms with Crippen LogP contribution in [-0.4, -0.2) is 38.9 Å². The Kier molecular flexibility index (Phi) is 4.48. The lowest BCUT2D eigenvalue weighted by Crippen LogP contribution is -2.34. The zero-order chi connectivity index (χ0) is 13.9. The molecule has 0 amide bonds. The van der Waals surface area contributed by atoms with Gasteiger partial charge >= 0.3 is 5.97 Å². The van der Waals surface area contributed by atoms with Gasteiger partial charge < -0.3 is 4.74 Å². The first-order valence-corrected chi connectivity index (χ1v) is 6.91. The van der Waals surface area contributed by atoms with Crippen LogP contribution in [0.3, 0.4) is 0 Å². The Hall–Kier alpha value is -1.40. The molecule has 6 heteroatoms. The number of rotatable bonds is 4. The number of esters is 1. The molecule has 0 aliphatic carbocycles.